The third kappa shape index (κ3) is 22.0. The first kappa shape index (κ1) is 37.7. The van der Waals surface area contributed by atoms with Crippen molar-refractivity contribution >= 4 is 35.1 Å². The maximum absolute atomic E-state index is 8.00. The Bertz CT molecular complexity index is 156. The van der Waals surface area contributed by atoms with Crippen molar-refractivity contribution in [2.24, 2.45) is 0 Å². The molecule has 0 N–H and O–H groups in total. The zero-order valence-corrected chi connectivity index (χ0v) is 17.7. The molecule has 0 bridgehead atoms. The summed E-state index contributed by atoms with van der Waals surface area (Å²) in [4.78, 5) is 32.0. The van der Waals surface area contributed by atoms with Gasteiger partial charge in [-0.3, -0.25) is 0 Å². The molecule has 0 aromatic carbocycles. The van der Waals surface area contributed by atoms with Crippen LogP contribution in [0, 0.1) is 0 Å². The minimum absolute atomic E-state index is 0. The molecule has 6 heteroatoms. The summed E-state index contributed by atoms with van der Waals surface area (Å²) < 4.78 is 0. The van der Waals surface area contributed by atoms with E-state index in [9.17, 15) is 0 Å². The van der Waals surface area contributed by atoms with Crippen LogP contribution in [0.25, 0.3) is 0 Å². The molecule has 3 unspecified atom stereocenters. The van der Waals surface area contributed by atoms with Gasteiger partial charge in [0, 0.05) is 19.5 Å². The van der Waals surface area contributed by atoms with Crippen LogP contribution in [0.1, 0.15) is 60.8 Å². The van der Waals surface area contributed by atoms with Crippen molar-refractivity contribution in [3.8, 4) is 0 Å². The Morgan fingerprint density at radius 1 is 0.591 bits per heavy atom. The van der Waals surface area contributed by atoms with Gasteiger partial charge in [0.25, 0.3) is 0 Å². The molecule has 0 amide bonds. The molecule has 0 rings (SSSR count). The Balaban J connectivity index is -0.0000000613. The summed E-state index contributed by atoms with van der Waals surface area (Å²) >= 11 is 0. The second kappa shape index (κ2) is 37.2. The standard InChI is InChI=1S/C12H27P.4CH2O.Ru/c1-7-10(4)13(11(5)8-2)12(6)9-3;4*1-2;/h10-12H,7-9H2,1-6H3;4*1H2;. The van der Waals surface area contributed by atoms with E-state index in [-0.39, 0.29) is 27.4 Å². The SMILES string of the molecule is C=O.C=O.C=O.C=O.CCC(C)P(C(C)CC)C(C)CC.[Ru]. The summed E-state index contributed by atoms with van der Waals surface area (Å²) in [6.07, 6.45) is 4.08. The van der Waals surface area contributed by atoms with Crippen LogP contribution in [0.4, 0.5) is 0 Å². The maximum Gasteiger partial charge on any atom is 0.106 e. The van der Waals surface area contributed by atoms with E-state index in [0.717, 1.165) is 17.0 Å². The largest absolute Gasteiger partial charge is 0.307 e. The van der Waals surface area contributed by atoms with Gasteiger partial charge in [0.05, 0.1) is 0 Å². The molecular weight excluding hydrogens is 388 g/mol. The van der Waals surface area contributed by atoms with Crippen LogP contribution in [-0.4, -0.2) is 44.1 Å². The Kier molecular flexibility index (Phi) is 63.8. The molecule has 0 aliphatic rings. The first-order valence-electron chi connectivity index (χ1n) is 7.01. The Morgan fingerprint density at radius 3 is 0.818 bits per heavy atom. The van der Waals surface area contributed by atoms with Crippen LogP contribution in [0.5, 0.6) is 0 Å². The number of rotatable bonds is 6. The van der Waals surface area contributed by atoms with E-state index in [4.69, 9.17) is 19.2 Å². The molecule has 0 saturated heterocycles. The smallest absolute Gasteiger partial charge is 0.106 e. The summed E-state index contributed by atoms with van der Waals surface area (Å²) in [5.41, 5.74) is 2.87. The quantitative estimate of drug-likeness (QED) is 0.476. The summed E-state index contributed by atoms with van der Waals surface area (Å²) in [7, 11) is 0.255. The topological polar surface area (TPSA) is 68.3 Å². The molecule has 0 spiro atoms. The normalized spacial score (nSPS) is 13.0. The fourth-order valence-corrected chi connectivity index (χ4v) is 5.81. The van der Waals surface area contributed by atoms with E-state index in [1.54, 1.807) is 0 Å². The van der Waals surface area contributed by atoms with E-state index >= 15 is 0 Å². The third-order valence-corrected chi connectivity index (χ3v) is 7.45. The van der Waals surface area contributed by atoms with E-state index in [1.807, 2.05) is 27.2 Å². The van der Waals surface area contributed by atoms with Crippen molar-refractivity contribution in [2.75, 3.05) is 0 Å². The molecular formula is C16H35O4PRu. The predicted octanol–water partition coefficient (Wildman–Crippen LogP) is 4.12. The van der Waals surface area contributed by atoms with E-state index < -0.39 is 0 Å². The second-order valence-corrected chi connectivity index (χ2v) is 7.76. The number of carbonyl (C=O) groups excluding carboxylic acids is 4. The number of hydrogen-bond donors (Lipinski definition) is 0. The van der Waals surface area contributed by atoms with Gasteiger partial charge in [-0.25, -0.2) is 0 Å². The first-order valence-corrected chi connectivity index (χ1v) is 8.56. The molecule has 4 nitrogen and oxygen atoms in total. The molecule has 0 heterocycles. The van der Waals surface area contributed by atoms with Gasteiger partial charge in [0.1, 0.15) is 27.2 Å². The molecule has 0 aromatic heterocycles. The molecule has 0 aromatic rings. The maximum atomic E-state index is 8.00. The molecule has 0 aliphatic carbocycles. The molecule has 3 atom stereocenters. The minimum atomic E-state index is 0. The van der Waals surface area contributed by atoms with Crippen molar-refractivity contribution in [3.63, 3.8) is 0 Å². The summed E-state index contributed by atoms with van der Waals surface area (Å²) in [5, 5.41) is 0. The van der Waals surface area contributed by atoms with Crippen molar-refractivity contribution in [2.45, 2.75) is 77.8 Å². The number of carbonyl (C=O) groups is 4. The van der Waals surface area contributed by atoms with E-state index in [2.05, 4.69) is 41.5 Å². The van der Waals surface area contributed by atoms with Gasteiger partial charge >= 0.3 is 0 Å². The van der Waals surface area contributed by atoms with Crippen LogP contribution >= 0.6 is 7.92 Å². The molecule has 136 valence electrons. The average molecular weight is 423 g/mol. The van der Waals surface area contributed by atoms with E-state index in [1.165, 1.54) is 19.3 Å². The van der Waals surface area contributed by atoms with Gasteiger partial charge < -0.3 is 19.2 Å². The fraction of sp³-hybridized carbons (Fsp3) is 0.750. The van der Waals surface area contributed by atoms with E-state index in [0.29, 0.717) is 0 Å². The molecule has 0 radical (unpaired) electrons. The van der Waals surface area contributed by atoms with Gasteiger partial charge in [0.2, 0.25) is 0 Å². The Labute approximate surface area is 151 Å². The van der Waals surface area contributed by atoms with Crippen molar-refractivity contribution in [1.82, 2.24) is 0 Å². The van der Waals surface area contributed by atoms with Gasteiger partial charge in [-0.1, -0.05) is 49.5 Å². The average Bonchev–Trinajstić information content (AvgIpc) is 2.61. The molecule has 0 aliphatic heterocycles. The fourth-order valence-electron chi connectivity index (χ4n) is 1.94. The van der Waals surface area contributed by atoms with Gasteiger partial charge in [0.15, 0.2) is 0 Å². The summed E-state index contributed by atoms with van der Waals surface area (Å²) in [6.45, 7) is 22.4. The van der Waals surface area contributed by atoms with Crippen molar-refractivity contribution in [3.05, 3.63) is 0 Å². The van der Waals surface area contributed by atoms with Crippen LogP contribution in [0.15, 0.2) is 0 Å². The molecule has 22 heavy (non-hydrogen) atoms. The zero-order chi connectivity index (χ0) is 18.4. The predicted molar refractivity (Wildman–Crippen MR) is 94.7 cm³/mol. The van der Waals surface area contributed by atoms with Gasteiger partial charge in [-0.2, -0.15) is 0 Å². The monoisotopic (exact) mass is 424 g/mol. The Morgan fingerprint density at radius 2 is 0.727 bits per heavy atom. The van der Waals surface area contributed by atoms with Crippen molar-refractivity contribution < 1.29 is 38.7 Å². The molecule has 0 saturated carbocycles. The summed E-state index contributed by atoms with van der Waals surface area (Å²) in [6, 6.07) is 0. The van der Waals surface area contributed by atoms with Gasteiger partial charge in [-0.15, -0.1) is 0 Å². The number of hydrogen-bond acceptors (Lipinski definition) is 4. The zero-order valence-electron chi connectivity index (χ0n) is 15.1. The van der Waals surface area contributed by atoms with Crippen LogP contribution in [0.2, 0.25) is 0 Å². The van der Waals surface area contributed by atoms with Gasteiger partial charge in [-0.05, 0) is 36.2 Å². The van der Waals surface area contributed by atoms with Crippen LogP contribution in [-0.2, 0) is 38.7 Å². The molecule has 0 fully saturated rings. The minimum Gasteiger partial charge on any atom is -0.307 e. The second-order valence-electron chi connectivity index (χ2n) is 4.22. The van der Waals surface area contributed by atoms with Crippen LogP contribution in [0.3, 0.4) is 0 Å². The third-order valence-electron chi connectivity index (χ3n) is 3.30. The summed E-state index contributed by atoms with van der Waals surface area (Å²) in [5.74, 6) is 0. The van der Waals surface area contributed by atoms with Crippen LogP contribution < -0.4 is 0 Å². The first-order chi connectivity index (χ1) is 10.1. The Hall–Kier alpha value is -0.267. The van der Waals surface area contributed by atoms with Crippen molar-refractivity contribution in [1.29, 1.82) is 0 Å².